The first-order valence-electron chi connectivity index (χ1n) is 11.5. The van der Waals surface area contributed by atoms with Crippen LogP contribution in [0.5, 0.6) is 0 Å². The van der Waals surface area contributed by atoms with Gasteiger partial charge in [0.05, 0.1) is 18.0 Å². The predicted octanol–water partition coefficient (Wildman–Crippen LogP) is 5.37. The maximum Gasteiger partial charge on any atom is 0.232 e. The summed E-state index contributed by atoms with van der Waals surface area (Å²) in [4.78, 5) is 13.0. The normalized spacial score (nSPS) is 12.3. The van der Waals surface area contributed by atoms with Crippen LogP contribution in [0.4, 0.5) is 5.69 Å². The minimum absolute atomic E-state index is 0.109. The van der Waals surface area contributed by atoms with Crippen LogP contribution in [0, 0.1) is 27.7 Å². The second-order valence-corrected chi connectivity index (χ2v) is 11.0. The number of anilines is 1. The molecule has 0 heterocycles. The van der Waals surface area contributed by atoms with E-state index >= 15 is 0 Å². The van der Waals surface area contributed by atoms with E-state index in [0.717, 1.165) is 27.8 Å². The van der Waals surface area contributed by atoms with E-state index in [9.17, 15) is 13.2 Å². The molecule has 3 aromatic rings. The zero-order valence-electron chi connectivity index (χ0n) is 20.6. The molecule has 0 spiro atoms. The van der Waals surface area contributed by atoms with Crippen molar-refractivity contribution in [3.8, 4) is 0 Å². The molecule has 0 radical (unpaired) electrons. The molecular formula is C28H34N2O3S. The molecule has 0 saturated carbocycles. The Bertz CT molecular complexity index is 1230. The third kappa shape index (κ3) is 6.70. The number of carbonyl (C=O) groups is 1. The molecular weight excluding hydrogens is 444 g/mol. The number of rotatable bonds is 9. The van der Waals surface area contributed by atoms with Gasteiger partial charge >= 0.3 is 0 Å². The Morgan fingerprint density at radius 3 is 2.12 bits per heavy atom. The molecule has 1 unspecified atom stereocenters. The molecule has 5 nitrogen and oxygen atoms in total. The largest absolute Gasteiger partial charge is 0.345 e. The number of nitrogens with one attached hydrogen (secondary N) is 1. The van der Waals surface area contributed by atoms with E-state index in [-0.39, 0.29) is 24.9 Å². The van der Waals surface area contributed by atoms with Crippen LogP contribution in [0.3, 0.4) is 0 Å². The van der Waals surface area contributed by atoms with Crippen molar-refractivity contribution in [1.82, 2.24) is 5.32 Å². The van der Waals surface area contributed by atoms with Gasteiger partial charge in [-0.25, -0.2) is 8.42 Å². The quantitative estimate of drug-likeness (QED) is 0.449. The lowest BCUT2D eigenvalue weighted by atomic mass is 9.93. The number of hydrogen-bond acceptors (Lipinski definition) is 3. The highest BCUT2D eigenvalue weighted by Gasteiger charge is 2.21. The first-order chi connectivity index (χ1) is 16.0. The summed E-state index contributed by atoms with van der Waals surface area (Å²) in [6.45, 7) is 8.24. The van der Waals surface area contributed by atoms with Crippen molar-refractivity contribution in [3.05, 3.63) is 100 Å². The fourth-order valence-electron chi connectivity index (χ4n) is 4.33. The van der Waals surface area contributed by atoms with Gasteiger partial charge in [-0.1, -0.05) is 60.2 Å². The number of hydrogen-bond donors (Lipinski definition) is 1. The third-order valence-electron chi connectivity index (χ3n) is 5.83. The number of benzene rings is 3. The lowest BCUT2D eigenvalue weighted by Crippen LogP contribution is -2.33. The van der Waals surface area contributed by atoms with Gasteiger partial charge in [0.2, 0.25) is 15.9 Å². The fraction of sp³-hybridized carbons (Fsp3) is 0.321. The summed E-state index contributed by atoms with van der Waals surface area (Å²) >= 11 is 0. The van der Waals surface area contributed by atoms with Gasteiger partial charge in [0, 0.05) is 13.0 Å². The Labute approximate surface area is 203 Å². The van der Waals surface area contributed by atoms with E-state index in [1.807, 2.05) is 62.4 Å². The second-order valence-electron chi connectivity index (χ2n) is 9.06. The van der Waals surface area contributed by atoms with Crippen LogP contribution in [0.2, 0.25) is 0 Å². The molecule has 0 aliphatic heterocycles. The van der Waals surface area contributed by atoms with Gasteiger partial charge in [-0.2, -0.15) is 0 Å². The summed E-state index contributed by atoms with van der Waals surface area (Å²) in [5.74, 6) is -0.109. The Kier molecular flexibility index (Phi) is 8.15. The van der Waals surface area contributed by atoms with Gasteiger partial charge in [-0.3, -0.25) is 9.10 Å². The second kappa shape index (κ2) is 10.9. The van der Waals surface area contributed by atoms with Crippen LogP contribution in [0.1, 0.15) is 52.3 Å². The van der Waals surface area contributed by atoms with Crippen molar-refractivity contribution in [3.63, 3.8) is 0 Å². The van der Waals surface area contributed by atoms with Crippen molar-refractivity contribution < 1.29 is 13.2 Å². The van der Waals surface area contributed by atoms with Gasteiger partial charge < -0.3 is 5.32 Å². The molecule has 180 valence electrons. The molecule has 0 saturated heterocycles. The average molecular weight is 479 g/mol. The summed E-state index contributed by atoms with van der Waals surface area (Å²) in [6, 6.07) is 21.6. The molecule has 0 bridgehead atoms. The van der Waals surface area contributed by atoms with Crippen molar-refractivity contribution in [2.45, 2.75) is 46.6 Å². The van der Waals surface area contributed by atoms with E-state index in [4.69, 9.17) is 0 Å². The highest BCUT2D eigenvalue weighted by molar-refractivity contribution is 7.92. The minimum Gasteiger partial charge on any atom is -0.345 e. The van der Waals surface area contributed by atoms with Crippen molar-refractivity contribution in [2.24, 2.45) is 0 Å². The number of nitrogens with zero attached hydrogens (tertiary/aromatic N) is 1. The average Bonchev–Trinajstić information content (AvgIpc) is 2.74. The smallest absolute Gasteiger partial charge is 0.232 e. The van der Waals surface area contributed by atoms with Gasteiger partial charge in [0.25, 0.3) is 0 Å². The standard InChI is InChI=1S/C28H34N2O3S/c1-20-13-14-26(23(4)17-20)28(24-10-7-6-8-11-24)29-27(31)12-9-15-30(34(5,32)33)25-18-21(2)16-22(3)19-25/h6-8,10-11,13-14,16-19,28H,9,12,15H2,1-5H3,(H,29,31). The van der Waals surface area contributed by atoms with Gasteiger partial charge in [0.15, 0.2) is 0 Å². The lowest BCUT2D eigenvalue weighted by molar-refractivity contribution is -0.121. The lowest BCUT2D eigenvalue weighted by Gasteiger charge is -2.24. The fourth-order valence-corrected chi connectivity index (χ4v) is 5.28. The highest BCUT2D eigenvalue weighted by atomic mass is 32.2. The first kappa shape index (κ1) is 25.5. The molecule has 0 aromatic heterocycles. The predicted molar refractivity (Wildman–Crippen MR) is 140 cm³/mol. The maximum absolute atomic E-state index is 13.0. The Morgan fingerprint density at radius 2 is 1.53 bits per heavy atom. The summed E-state index contributed by atoms with van der Waals surface area (Å²) in [6.07, 6.45) is 1.85. The summed E-state index contributed by atoms with van der Waals surface area (Å²) in [5.41, 5.74) is 6.99. The van der Waals surface area contributed by atoms with Crippen LogP contribution in [-0.4, -0.2) is 27.1 Å². The van der Waals surface area contributed by atoms with Crippen LogP contribution in [0.25, 0.3) is 0 Å². The van der Waals surface area contributed by atoms with Crippen molar-refractivity contribution in [1.29, 1.82) is 0 Å². The monoisotopic (exact) mass is 478 g/mol. The van der Waals surface area contributed by atoms with E-state index in [1.165, 1.54) is 16.1 Å². The maximum atomic E-state index is 13.0. The Hall–Kier alpha value is -3.12. The SMILES string of the molecule is Cc1cc(C)cc(N(CCCC(=O)NC(c2ccccc2)c2ccc(C)cc2C)S(C)(=O)=O)c1. The third-order valence-corrected chi connectivity index (χ3v) is 7.03. The molecule has 0 fully saturated rings. The summed E-state index contributed by atoms with van der Waals surface area (Å²) in [7, 11) is -3.47. The Morgan fingerprint density at radius 1 is 0.882 bits per heavy atom. The van der Waals surface area contributed by atoms with Crippen molar-refractivity contribution in [2.75, 3.05) is 17.1 Å². The van der Waals surface area contributed by atoms with Crippen LogP contribution in [-0.2, 0) is 14.8 Å². The van der Waals surface area contributed by atoms with E-state index in [2.05, 4.69) is 37.4 Å². The number of amides is 1. The molecule has 6 heteroatoms. The van der Waals surface area contributed by atoms with Gasteiger partial charge in [-0.05, 0) is 74.1 Å². The topological polar surface area (TPSA) is 66.5 Å². The first-order valence-corrected chi connectivity index (χ1v) is 13.4. The zero-order chi connectivity index (χ0) is 24.9. The summed E-state index contributed by atoms with van der Waals surface area (Å²) < 4.78 is 26.3. The number of sulfonamides is 1. The van der Waals surface area contributed by atoms with Gasteiger partial charge in [-0.15, -0.1) is 0 Å². The molecule has 34 heavy (non-hydrogen) atoms. The zero-order valence-corrected chi connectivity index (χ0v) is 21.4. The van der Waals surface area contributed by atoms with Crippen LogP contribution >= 0.6 is 0 Å². The highest BCUT2D eigenvalue weighted by Crippen LogP contribution is 2.26. The van der Waals surface area contributed by atoms with E-state index < -0.39 is 10.0 Å². The molecule has 3 aromatic carbocycles. The molecule has 1 N–H and O–H groups in total. The minimum atomic E-state index is -3.47. The van der Waals surface area contributed by atoms with Gasteiger partial charge in [0.1, 0.15) is 0 Å². The molecule has 0 aliphatic rings. The van der Waals surface area contributed by atoms with Crippen LogP contribution in [0.15, 0.2) is 66.7 Å². The molecule has 1 atom stereocenters. The van der Waals surface area contributed by atoms with Crippen LogP contribution < -0.4 is 9.62 Å². The van der Waals surface area contributed by atoms with E-state index in [0.29, 0.717) is 12.1 Å². The molecule has 0 aliphatic carbocycles. The summed E-state index contributed by atoms with van der Waals surface area (Å²) in [5, 5.41) is 3.17. The molecule has 1 amide bonds. The number of aryl methyl sites for hydroxylation is 4. The molecule has 3 rings (SSSR count). The van der Waals surface area contributed by atoms with Crippen molar-refractivity contribution >= 4 is 21.6 Å². The Balaban J connectivity index is 1.74. The van der Waals surface area contributed by atoms with E-state index in [1.54, 1.807) is 0 Å². The number of carbonyl (C=O) groups excluding carboxylic acids is 1.